The van der Waals surface area contributed by atoms with Gasteiger partial charge in [0, 0.05) is 19.2 Å². The largest absolute Gasteiger partial charge is 0.479 e. The van der Waals surface area contributed by atoms with Gasteiger partial charge in [-0.05, 0) is 0 Å². The maximum Gasteiger partial charge on any atom is 0.479 e. The first kappa shape index (κ1) is 31.7. The Morgan fingerprint density at radius 2 is 1.69 bits per heavy atom. The number of rotatable bonds is 10. The van der Waals surface area contributed by atoms with Crippen LogP contribution in [-0.2, 0) is 32.2 Å². The molecule has 9 N–H and O–H groups in total. The number of carbonyl (C=O) groups is 1. The van der Waals surface area contributed by atoms with Gasteiger partial charge in [-0.1, -0.05) is 0 Å². The maximum absolute atomic E-state index is 12.7. The van der Waals surface area contributed by atoms with Crippen molar-refractivity contribution in [2.45, 2.75) is 61.9 Å². The van der Waals surface area contributed by atoms with E-state index in [0.717, 1.165) is 23.8 Å². The van der Waals surface area contributed by atoms with Crippen LogP contribution in [0, 0.1) is 0 Å². The van der Waals surface area contributed by atoms with Crippen LogP contribution >= 0.6 is 15.4 Å². The fraction of sp³-hybridized carbons (Fsp3) is 0.722. The molecular formula is C18H29N3O16P2. The summed E-state index contributed by atoms with van der Waals surface area (Å²) >= 11 is 0. The number of H-pyrrole nitrogens is 1. The second kappa shape index (κ2) is 12.4. The molecule has 0 spiro atoms. The van der Waals surface area contributed by atoms with Crippen molar-refractivity contribution < 1.29 is 67.6 Å². The lowest BCUT2D eigenvalue weighted by Gasteiger charge is -2.42. The second-order valence-electron chi connectivity index (χ2n) is 8.83. The van der Waals surface area contributed by atoms with Gasteiger partial charge in [-0.15, -0.1) is 0 Å². The molecule has 0 aliphatic carbocycles. The molecule has 2 aliphatic heterocycles. The summed E-state index contributed by atoms with van der Waals surface area (Å²) < 4.78 is 45.4. The topological polar surface area (TPSA) is 297 Å². The molecule has 1 aromatic heterocycles. The molecule has 11 atom stereocenters. The normalized spacial score (nSPS) is 36.2. The minimum absolute atomic E-state index is 0.716. The van der Waals surface area contributed by atoms with Crippen molar-refractivity contribution >= 4 is 21.3 Å². The first-order valence-corrected chi connectivity index (χ1v) is 14.5. The van der Waals surface area contributed by atoms with Crippen molar-refractivity contribution in [1.29, 1.82) is 0 Å². The molecule has 3 unspecified atom stereocenters. The lowest BCUT2D eigenvalue weighted by molar-refractivity contribution is -0.190. The third-order valence-corrected chi connectivity index (χ3v) is 9.05. The summed E-state index contributed by atoms with van der Waals surface area (Å²) in [5.41, 5.74) is -1.73. The Balaban J connectivity index is 1.66. The Kier molecular flexibility index (Phi) is 10.0. The number of hydrogen-bond acceptors (Lipinski definition) is 14. The molecule has 21 heteroatoms. The van der Waals surface area contributed by atoms with Gasteiger partial charge in [-0.2, -0.15) is 0 Å². The van der Waals surface area contributed by atoms with Crippen molar-refractivity contribution in [1.82, 2.24) is 14.9 Å². The van der Waals surface area contributed by atoms with Crippen LogP contribution in [0.4, 0.5) is 0 Å². The predicted octanol–water partition coefficient (Wildman–Crippen LogP) is -4.54. The lowest BCUT2D eigenvalue weighted by atomic mass is 9.93. The molecule has 0 aromatic carbocycles. The average molecular weight is 605 g/mol. The van der Waals surface area contributed by atoms with Crippen LogP contribution < -0.4 is 16.6 Å². The van der Waals surface area contributed by atoms with Crippen molar-refractivity contribution in [2.75, 3.05) is 19.4 Å². The summed E-state index contributed by atoms with van der Waals surface area (Å²) in [5, 5.41) is 52.3. The fourth-order valence-electron chi connectivity index (χ4n) is 4.10. The van der Waals surface area contributed by atoms with E-state index >= 15 is 0 Å². The number of ether oxygens (including phenoxy) is 2. The minimum atomic E-state index is -5.39. The van der Waals surface area contributed by atoms with Gasteiger partial charge in [-0.25, -0.2) is 13.7 Å². The molecule has 0 saturated carbocycles. The van der Waals surface area contributed by atoms with E-state index in [1.807, 2.05) is 4.98 Å². The molecule has 3 heterocycles. The van der Waals surface area contributed by atoms with Crippen LogP contribution in [-0.4, -0.2) is 119 Å². The van der Waals surface area contributed by atoms with E-state index in [9.17, 15) is 58.8 Å². The van der Waals surface area contributed by atoms with E-state index in [1.54, 1.807) is 0 Å². The van der Waals surface area contributed by atoms with E-state index in [-0.39, 0.29) is 0 Å². The van der Waals surface area contributed by atoms with Crippen molar-refractivity contribution in [3.8, 4) is 0 Å². The maximum atomic E-state index is 12.7. The highest BCUT2D eigenvalue weighted by molar-refractivity contribution is 7.64. The molecule has 2 saturated heterocycles. The Hall–Kier alpha value is -1.83. The smallest absolute Gasteiger partial charge is 0.394 e. The number of aromatic nitrogens is 2. The highest BCUT2D eigenvalue weighted by Gasteiger charge is 2.49. The number of aliphatic hydroxyl groups is 5. The second-order valence-corrected chi connectivity index (χ2v) is 12.3. The lowest BCUT2D eigenvalue weighted by Crippen LogP contribution is -2.64. The zero-order chi connectivity index (χ0) is 29.3. The summed E-state index contributed by atoms with van der Waals surface area (Å²) in [6, 6.07) is -0.530. The Bertz CT molecular complexity index is 1240. The van der Waals surface area contributed by atoms with Gasteiger partial charge in [0.1, 0.15) is 36.6 Å². The van der Waals surface area contributed by atoms with E-state index in [4.69, 9.17) is 9.47 Å². The molecule has 0 bridgehead atoms. The van der Waals surface area contributed by atoms with Crippen LogP contribution in [0.3, 0.4) is 0 Å². The van der Waals surface area contributed by atoms with E-state index < -0.39 is 107 Å². The fourth-order valence-corrected chi connectivity index (χ4v) is 6.95. The number of carbonyl (C=O) groups excluding carboxylic acids is 1. The van der Waals surface area contributed by atoms with Crippen LogP contribution in [0.2, 0.25) is 0 Å². The molecular weight excluding hydrogens is 576 g/mol. The van der Waals surface area contributed by atoms with Gasteiger partial charge >= 0.3 is 21.1 Å². The molecule has 19 nitrogen and oxygen atoms in total. The molecule has 1 aromatic rings. The molecule has 1 amide bonds. The highest BCUT2D eigenvalue weighted by atomic mass is 31.3. The number of aromatic amines is 1. The predicted molar refractivity (Wildman–Crippen MR) is 124 cm³/mol. The summed E-state index contributed by atoms with van der Waals surface area (Å²) in [6.45, 7) is -0.748. The van der Waals surface area contributed by atoms with Crippen molar-refractivity contribution in [3.63, 3.8) is 0 Å². The van der Waals surface area contributed by atoms with Gasteiger partial charge in [0.05, 0.1) is 31.5 Å². The highest BCUT2D eigenvalue weighted by Crippen LogP contribution is 2.60. The number of phosphoric ester groups is 1. The summed E-state index contributed by atoms with van der Waals surface area (Å²) in [4.78, 5) is 56.8. The van der Waals surface area contributed by atoms with Gasteiger partial charge in [0.25, 0.3) is 5.56 Å². The molecule has 2 fully saturated rings. The van der Waals surface area contributed by atoms with Crippen LogP contribution in [0.5, 0.6) is 0 Å². The zero-order valence-electron chi connectivity index (χ0n) is 20.1. The number of amides is 1. The average Bonchev–Trinajstić information content (AvgIpc) is 3.10. The quantitative estimate of drug-likeness (QED) is 0.113. The van der Waals surface area contributed by atoms with Crippen LogP contribution in [0.1, 0.15) is 13.2 Å². The van der Waals surface area contributed by atoms with Crippen molar-refractivity contribution in [2.24, 2.45) is 0 Å². The minimum Gasteiger partial charge on any atom is -0.394 e. The van der Waals surface area contributed by atoms with Gasteiger partial charge < -0.3 is 50.1 Å². The van der Waals surface area contributed by atoms with E-state index in [1.165, 1.54) is 0 Å². The number of nitrogens with one attached hydrogen (secondary N) is 2. The van der Waals surface area contributed by atoms with Gasteiger partial charge in [0.15, 0.2) is 6.23 Å². The summed E-state index contributed by atoms with van der Waals surface area (Å²) in [5.74, 6) is -0.716. The van der Waals surface area contributed by atoms with E-state index in [2.05, 4.69) is 14.2 Å². The standard InChI is InChI=1S/C18H29N3O16P2/c1-7(23)19-12-10(35-8(4-22)13(25)15(12)27)6-38(30,31)37-39(32,33)34-5-9-14(26)16(28)17(36-9)21-3-2-11(24)20-18(21)29/h2-3,8-10,12-17,22,25-28H,4-6H2,1H3,(H,19,23)(H,30,31)(H,32,33)(H,20,24,29)/t8-,9?,10-,12+,13+,14-,15-,16-,17-/m1/s1. The Morgan fingerprint density at radius 3 is 2.28 bits per heavy atom. The third kappa shape index (κ3) is 7.68. The van der Waals surface area contributed by atoms with Gasteiger partial charge in [0.2, 0.25) is 5.91 Å². The van der Waals surface area contributed by atoms with Crippen LogP contribution in [0.25, 0.3) is 0 Å². The van der Waals surface area contributed by atoms with Crippen molar-refractivity contribution in [3.05, 3.63) is 33.1 Å². The summed E-state index contributed by atoms with van der Waals surface area (Å²) in [6.07, 6.45) is -13.2. The monoisotopic (exact) mass is 605 g/mol. The SMILES string of the molecule is CC(=O)N[C@@H]1[C@@H](O)[C@@H](O)[C@@H](CO)O[C@@H]1CP(=O)(O)OP(=O)(O)OCC1O[C@@H](n2ccc(=O)[nH]c2=O)[C@H](O)[C@@H]1O. The Morgan fingerprint density at radius 1 is 1.05 bits per heavy atom. The number of aliphatic hydroxyl groups excluding tert-OH is 5. The number of nitrogens with zero attached hydrogens (tertiary/aromatic N) is 1. The first-order chi connectivity index (χ1) is 18.0. The number of hydrogen-bond donors (Lipinski definition) is 9. The molecule has 39 heavy (non-hydrogen) atoms. The molecule has 222 valence electrons. The first-order valence-electron chi connectivity index (χ1n) is 11.3. The number of phosphoric acid groups is 1. The van der Waals surface area contributed by atoms with Gasteiger partial charge in [-0.3, -0.25) is 28.2 Å². The van der Waals surface area contributed by atoms with Crippen LogP contribution in [0.15, 0.2) is 21.9 Å². The molecule has 2 aliphatic rings. The molecule has 0 radical (unpaired) electrons. The van der Waals surface area contributed by atoms with E-state index in [0.29, 0.717) is 0 Å². The Labute approximate surface area is 218 Å². The zero-order valence-corrected chi connectivity index (χ0v) is 21.9. The summed E-state index contributed by atoms with van der Waals surface area (Å²) in [7, 11) is -10.5. The third-order valence-electron chi connectivity index (χ3n) is 5.90. The molecule has 3 rings (SSSR count).